The molecule has 0 saturated carbocycles. The van der Waals surface area contributed by atoms with Crippen molar-refractivity contribution in [3.05, 3.63) is 10.6 Å². The minimum absolute atomic E-state index is 0.0362. The van der Waals surface area contributed by atoms with Crippen LogP contribution in [0.1, 0.15) is 26.7 Å². The van der Waals surface area contributed by atoms with Gasteiger partial charge in [0, 0.05) is 35.7 Å². The van der Waals surface area contributed by atoms with E-state index >= 15 is 0 Å². The fraction of sp³-hybridized carbons (Fsp3) is 0.800. The number of likely N-dealkylation sites (tertiary alicyclic amines) is 2. The normalized spacial score (nSPS) is 37.5. The van der Waals surface area contributed by atoms with E-state index in [4.69, 9.17) is 0 Å². The van der Waals surface area contributed by atoms with Crippen LogP contribution in [0.4, 0.5) is 0 Å². The van der Waals surface area contributed by atoms with Gasteiger partial charge in [0.2, 0.25) is 5.91 Å². The molecule has 8 heteroatoms. The van der Waals surface area contributed by atoms with Crippen LogP contribution in [0.5, 0.6) is 0 Å². The summed E-state index contributed by atoms with van der Waals surface area (Å²) in [5.74, 6) is -1.07. The minimum Gasteiger partial charge on any atom is -0.477 e. The Hall–Kier alpha value is -1.09. The summed E-state index contributed by atoms with van der Waals surface area (Å²) in [4.78, 5) is 31.5. The molecular formula is C20H31N3O4S. The largest absolute Gasteiger partial charge is 0.477 e. The Balaban J connectivity index is 1.42. The molecule has 7 nitrogen and oxygen atoms in total. The number of carboxylic acid groups (broad SMARTS) is 1. The Morgan fingerprint density at radius 3 is 2.64 bits per heavy atom. The summed E-state index contributed by atoms with van der Waals surface area (Å²) in [6, 6.07) is -0.215. The second-order valence-electron chi connectivity index (χ2n) is 8.98. The first-order chi connectivity index (χ1) is 13.3. The second kappa shape index (κ2) is 7.63. The van der Waals surface area contributed by atoms with Crippen molar-refractivity contribution >= 4 is 23.6 Å². The number of hydrogen-bond acceptors (Lipinski definition) is 6. The van der Waals surface area contributed by atoms with E-state index in [2.05, 4.69) is 16.8 Å². The summed E-state index contributed by atoms with van der Waals surface area (Å²) in [7, 11) is 2.18. The zero-order valence-electron chi connectivity index (χ0n) is 16.9. The first kappa shape index (κ1) is 20.2. The Morgan fingerprint density at radius 2 is 2.04 bits per heavy atom. The SMILES string of the molecule is C[C@@H](O)[C@H]1C(=O)N2C(C(=O)O)=C(S[C@@H]3CCN(C[C@@H]4CCN(C)C4)C3)[C@H](C)[C@H]12. The highest BCUT2D eigenvalue weighted by Crippen LogP contribution is 2.51. The lowest BCUT2D eigenvalue weighted by atomic mass is 9.79. The molecule has 1 amide bonds. The van der Waals surface area contributed by atoms with E-state index in [9.17, 15) is 19.8 Å². The quantitative estimate of drug-likeness (QED) is 0.631. The van der Waals surface area contributed by atoms with Gasteiger partial charge in [0.1, 0.15) is 5.70 Å². The maximum absolute atomic E-state index is 12.4. The zero-order valence-corrected chi connectivity index (χ0v) is 17.7. The molecule has 4 rings (SSSR count). The molecule has 0 aliphatic carbocycles. The van der Waals surface area contributed by atoms with Crippen LogP contribution >= 0.6 is 11.8 Å². The van der Waals surface area contributed by atoms with Crippen LogP contribution in [0, 0.1) is 17.8 Å². The number of hydrogen-bond donors (Lipinski definition) is 2. The molecule has 0 spiro atoms. The molecule has 0 aromatic rings. The molecule has 3 saturated heterocycles. The van der Waals surface area contributed by atoms with Crippen LogP contribution < -0.4 is 0 Å². The van der Waals surface area contributed by atoms with Gasteiger partial charge in [-0.2, -0.15) is 0 Å². The fourth-order valence-corrected chi connectivity index (χ4v) is 6.98. The molecular weight excluding hydrogens is 378 g/mol. The van der Waals surface area contributed by atoms with Crippen LogP contribution in [-0.2, 0) is 9.59 Å². The van der Waals surface area contributed by atoms with Crippen molar-refractivity contribution in [3.8, 4) is 0 Å². The zero-order chi connectivity index (χ0) is 20.2. The standard InChI is InChI=1S/C20H31N3O4S/c1-11-16-15(12(2)24)19(25)23(16)17(20(26)27)18(11)28-14-5-7-22(10-14)9-13-4-6-21(3)8-13/h11-16,24H,4-10H2,1-3H3,(H,26,27)/t11-,12-,13-,14-,15-,16-/m1/s1. The van der Waals surface area contributed by atoms with Crippen molar-refractivity contribution < 1.29 is 19.8 Å². The molecule has 156 valence electrons. The predicted octanol–water partition coefficient (Wildman–Crippen LogP) is 0.899. The molecule has 0 bridgehead atoms. The lowest BCUT2D eigenvalue weighted by Crippen LogP contribution is -2.63. The Labute approximate surface area is 170 Å². The number of nitrogens with zero attached hydrogens (tertiary/aromatic N) is 3. The summed E-state index contributed by atoms with van der Waals surface area (Å²) >= 11 is 1.66. The Kier molecular flexibility index (Phi) is 5.50. The van der Waals surface area contributed by atoms with Crippen molar-refractivity contribution in [1.82, 2.24) is 14.7 Å². The first-order valence-electron chi connectivity index (χ1n) is 10.3. The molecule has 4 aliphatic rings. The van der Waals surface area contributed by atoms with Crippen LogP contribution in [0.2, 0.25) is 0 Å². The number of β-lactam (4-membered cyclic amide) rings is 1. The number of aliphatic carboxylic acids is 1. The number of amides is 1. The molecule has 0 aromatic carbocycles. The van der Waals surface area contributed by atoms with Gasteiger partial charge in [-0.05, 0) is 45.8 Å². The first-order valence-corrected chi connectivity index (χ1v) is 11.2. The van der Waals surface area contributed by atoms with E-state index in [1.54, 1.807) is 18.7 Å². The summed E-state index contributed by atoms with van der Waals surface area (Å²) in [5, 5.41) is 20.1. The van der Waals surface area contributed by atoms with Gasteiger partial charge in [0.15, 0.2) is 0 Å². The van der Waals surface area contributed by atoms with Crippen LogP contribution in [-0.4, -0.2) is 94.0 Å². The van der Waals surface area contributed by atoms with Gasteiger partial charge < -0.3 is 24.9 Å². The van der Waals surface area contributed by atoms with Crippen molar-refractivity contribution in [2.45, 2.75) is 44.1 Å². The maximum atomic E-state index is 12.4. The monoisotopic (exact) mass is 409 g/mol. The number of thioether (sulfide) groups is 1. The molecule has 0 aromatic heterocycles. The molecule has 4 aliphatic heterocycles. The van der Waals surface area contributed by atoms with Crippen LogP contribution in [0.25, 0.3) is 0 Å². The number of rotatable bonds is 6. The maximum Gasteiger partial charge on any atom is 0.353 e. The lowest BCUT2D eigenvalue weighted by Gasteiger charge is -2.46. The van der Waals surface area contributed by atoms with E-state index < -0.39 is 18.0 Å². The highest BCUT2D eigenvalue weighted by Gasteiger charge is 2.60. The molecule has 4 heterocycles. The Morgan fingerprint density at radius 1 is 1.29 bits per heavy atom. The number of carbonyl (C=O) groups excluding carboxylic acids is 1. The van der Waals surface area contributed by atoms with E-state index in [1.807, 2.05) is 6.92 Å². The van der Waals surface area contributed by atoms with Crippen LogP contribution in [0.15, 0.2) is 10.6 Å². The average molecular weight is 410 g/mol. The van der Waals surface area contributed by atoms with Gasteiger partial charge in [0.25, 0.3) is 0 Å². The van der Waals surface area contributed by atoms with Crippen molar-refractivity contribution in [2.75, 3.05) is 39.8 Å². The predicted molar refractivity (Wildman–Crippen MR) is 108 cm³/mol. The summed E-state index contributed by atoms with van der Waals surface area (Å²) in [6.45, 7) is 9.13. The molecule has 3 fully saturated rings. The molecule has 28 heavy (non-hydrogen) atoms. The number of carboxylic acids is 1. The fourth-order valence-electron chi connectivity index (χ4n) is 5.46. The van der Waals surface area contributed by atoms with Gasteiger partial charge in [-0.25, -0.2) is 4.79 Å². The van der Waals surface area contributed by atoms with Gasteiger partial charge in [0.05, 0.1) is 18.1 Å². The van der Waals surface area contributed by atoms with E-state index in [1.165, 1.54) is 24.4 Å². The van der Waals surface area contributed by atoms with Gasteiger partial charge in [-0.1, -0.05) is 6.92 Å². The summed E-state index contributed by atoms with van der Waals surface area (Å²) in [5.41, 5.74) is 0.153. The van der Waals surface area contributed by atoms with E-state index in [-0.39, 0.29) is 23.6 Å². The highest BCUT2D eigenvalue weighted by molar-refractivity contribution is 8.03. The van der Waals surface area contributed by atoms with Gasteiger partial charge >= 0.3 is 5.97 Å². The van der Waals surface area contributed by atoms with Crippen molar-refractivity contribution in [1.29, 1.82) is 0 Å². The van der Waals surface area contributed by atoms with E-state index in [0.29, 0.717) is 5.25 Å². The molecule has 6 atom stereocenters. The summed E-state index contributed by atoms with van der Waals surface area (Å²) < 4.78 is 0. The molecule has 0 unspecified atom stereocenters. The topological polar surface area (TPSA) is 84.3 Å². The third-order valence-electron chi connectivity index (χ3n) is 6.84. The number of aliphatic hydroxyl groups excluding tert-OH is 1. The molecule has 2 N–H and O–H groups in total. The van der Waals surface area contributed by atoms with Gasteiger partial charge in [-0.3, -0.25) is 4.79 Å². The van der Waals surface area contributed by atoms with Crippen LogP contribution in [0.3, 0.4) is 0 Å². The highest BCUT2D eigenvalue weighted by atomic mass is 32.2. The smallest absolute Gasteiger partial charge is 0.353 e. The average Bonchev–Trinajstić information content (AvgIpc) is 3.28. The number of carbonyl (C=O) groups is 2. The second-order valence-corrected chi connectivity index (χ2v) is 10.3. The number of fused-ring (bicyclic) bond motifs is 1. The summed E-state index contributed by atoms with van der Waals surface area (Å²) in [6.07, 6.45) is 1.56. The van der Waals surface area contributed by atoms with Crippen molar-refractivity contribution in [3.63, 3.8) is 0 Å². The lowest BCUT2D eigenvalue weighted by molar-refractivity contribution is -0.163. The minimum atomic E-state index is -1.03. The third-order valence-corrected chi connectivity index (χ3v) is 8.38. The van der Waals surface area contributed by atoms with E-state index in [0.717, 1.165) is 36.9 Å². The Bertz CT molecular complexity index is 697. The number of aliphatic hydroxyl groups is 1. The van der Waals surface area contributed by atoms with Gasteiger partial charge in [-0.15, -0.1) is 11.8 Å². The third kappa shape index (κ3) is 3.38. The van der Waals surface area contributed by atoms with Crippen molar-refractivity contribution in [2.24, 2.45) is 17.8 Å². The molecule has 0 radical (unpaired) electrons.